The number of methoxy groups -OCH3 is 1. The van der Waals surface area contributed by atoms with Crippen molar-refractivity contribution in [2.75, 3.05) is 20.2 Å². The lowest BCUT2D eigenvalue weighted by Crippen LogP contribution is -2.58. The van der Waals surface area contributed by atoms with Crippen LogP contribution in [-0.2, 0) is 19.1 Å². The summed E-state index contributed by atoms with van der Waals surface area (Å²) in [7, 11) is 1.28. The molecule has 0 bridgehead atoms. The van der Waals surface area contributed by atoms with Crippen LogP contribution >= 0.6 is 0 Å². The van der Waals surface area contributed by atoms with Crippen LogP contribution in [0.15, 0.2) is 12.2 Å². The van der Waals surface area contributed by atoms with E-state index in [1.165, 1.54) is 12.0 Å². The van der Waals surface area contributed by atoms with E-state index in [1.807, 2.05) is 0 Å². The number of allylic oxidation sites excluding steroid dienone is 2. The molecular weight excluding hydrogens is 260 g/mol. The predicted octanol–water partition coefficient (Wildman–Crippen LogP) is 0.233. The first-order chi connectivity index (χ1) is 9.61. The lowest BCUT2D eigenvalue weighted by atomic mass is 10.0. The summed E-state index contributed by atoms with van der Waals surface area (Å²) in [6.45, 7) is 0.880. The molecule has 1 saturated heterocycles. The van der Waals surface area contributed by atoms with E-state index in [9.17, 15) is 14.4 Å². The first kappa shape index (κ1) is 14.6. The van der Waals surface area contributed by atoms with Crippen LogP contribution < -0.4 is 5.32 Å². The van der Waals surface area contributed by atoms with Crippen molar-refractivity contribution >= 4 is 17.8 Å². The van der Waals surface area contributed by atoms with Gasteiger partial charge in [-0.25, -0.2) is 0 Å². The largest absolute Gasteiger partial charge is 0.469 e. The van der Waals surface area contributed by atoms with E-state index in [1.54, 1.807) is 0 Å². The van der Waals surface area contributed by atoms with Crippen molar-refractivity contribution in [3.63, 3.8) is 0 Å². The number of ether oxygens (including phenoxy) is 1. The third-order valence-electron chi connectivity index (χ3n) is 3.79. The smallest absolute Gasteiger partial charge is 0.308 e. The topological polar surface area (TPSA) is 75.7 Å². The van der Waals surface area contributed by atoms with Gasteiger partial charge in [-0.1, -0.05) is 12.2 Å². The summed E-state index contributed by atoms with van der Waals surface area (Å²) in [5.74, 6) is -0.570. The summed E-state index contributed by atoms with van der Waals surface area (Å²) in [5, 5.41) is 2.69. The summed E-state index contributed by atoms with van der Waals surface area (Å²) < 4.78 is 4.59. The maximum atomic E-state index is 12.3. The van der Waals surface area contributed by atoms with E-state index in [0.29, 0.717) is 19.5 Å². The molecule has 0 radical (unpaired) electrons. The van der Waals surface area contributed by atoms with Gasteiger partial charge in [0.1, 0.15) is 6.04 Å². The van der Waals surface area contributed by atoms with Crippen molar-refractivity contribution in [3.05, 3.63) is 12.2 Å². The van der Waals surface area contributed by atoms with Crippen molar-refractivity contribution in [1.82, 2.24) is 10.2 Å². The SMILES string of the molecule is COC(=O)C[C@H]1C(=O)NCCN1C(=O)C[C@@H]1C=CCC1. The van der Waals surface area contributed by atoms with Gasteiger partial charge >= 0.3 is 5.97 Å². The van der Waals surface area contributed by atoms with Crippen molar-refractivity contribution < 1.29 is 19.1 Å². The summed E-state index contributed by atoms with van der Waals surface area (Å²) in [4.78, 5) is 37.1. The van der Waals surface area contributed by atoms with Crippen LogP contribution in [-0.4, -0.2) is 48.9 Å². The van der Waals surface area contributed by atoms with E-state index < -0.39 is 12.0 Å². The minimum absolute atomic E-state index is 0.0645. The standard InChI is InChI=1S/C14H20N2O4/c1-20-13(18)9-11-14(19)15-6-7-16(11)12(17)8-10-4-2-3-5-10/h2,4,10-11H,3,5-9H2,1H3,(H,15,19)/t10-,11+/m1/s1. The van der Waals surface area contributed by atoms with Crippen molar-refractivity contribution in [3.8, 4) is 0 Å². The molecule has 2 atom stereocenters. The van der Waals surface area contributed by atoms with Gasteiger partial charge in [0.2, 0.25) is 11.8 Å². The maximum absolute atomic E-state index is 12.3. The number of hydrogen-bond donors (Lipinski definition) is 1. The quantitative estimate of drug-likeness (QED) is 0.591. The normalized spacial score (nSPS) is 25.4. The van der Waals surface area contributed by atoms with E-state index in [-0.39, 0.29) is 24.2 Å². The van der Waals surface area contributed by atoms with Gasteiger partial charge in [-0.05, 0) is 18.8 Å². The Bertz CT molecular complexity index is 433. The molecule has 1 N–H and O–H groups in total. The molecule has 0 aromatic carbocycles. The van der Waals surface area contributed by atoms with Crippen LogP contribution in [0.4, 0.5) is 0 Å². The molecule has 20 heavy (non-hydrogen) atoms. The van der Waals surface area contributed by atoms with Crippen LogP contribution in [0.3, 0.4) is 0 Å². The number of amides is 2. The third-order valence-corrected chi connectivity index (χ3v) is 3.79. The second-order valence-electron chi connectivity index (χ2n) is 5.14. The van der Waals surface area contributed by atoms with Gasteiger partial charge in [-0.2, -0.15) is 0 Å². The number of esters is 1. The molecule has 110 valence electrons. The predicted molar refractivity (Wildman–Crippen MR) is 71.6 cm³/mol. The molecule has 1 aliphatic heterocycles. The van der Waals surface area contributed by atoms with Gasteiger partial charge in [-0.3, -0.25) is 14.4 Å². The molecule has 1 aliphatic carbocycles. The fourth-order valence-corrected chi connectivity index (χ4v) is 2.66. The molecule has 0 saturated carbocycles. The molecular formula is C14H20N2O4. The number of nitrogens with zero attached hydrogens (tertiary/aromatic N) is 1. The zero-order valence-electron chi connectivity index (χ0n) is 11.6. The maximum Gasteiger partial charge on any atom is 0.308 e. The number of piperazine rings is 1. The Morgan fingerprint density at radius 1 is 1.45 bits per heavy atom. The fourth-order valence-electron chi connectivity index (χ4n) is 2.66. The minimum atomic E-state index is -0.742. The molecule has 0 spiro atoms. The number of carbonyl (C=O) groups is 3. The zero-order valence-corrected chi connectivity index (χ0v) is 11.6. The molecule has 1 fully saturated rings. The van der Waals surface area contributed by atoms with Crippen molar-refractivity contribution in [1.29, 1.82) is 0 Å². The Kier molecular flexibility index (Phi) is 4.76. The molecule has 2 aliphatic rings. The molecule has 1 heterocycles. The van der Waals surface area contributed by atoms with Gasteiger partial charge in [-0.15, -0.1) is 0 Å². The van der Waals surface area contributed by atoms with Gasteiger partial charge in [0.05, 0.1) is 13.5 Å². The summed E-state index contributed by atoms with van der Waals surface area (Å²) >= 11 is 0. The second-order valence-corrected chi connectivity index (χ2v) is 5.14. The van der Waals surface area contributed by atoms with Crippen molar-refractivity contribution in [2.24, 2.45) is 5.92 Å². The van der Waals surface area contributed by atoms with Crippen LogP contribution in [0.1, 0.15) is 25.7 Å². The molecule has 6 heteroatoms. The lowest BCUT2D eigenvalue weighted by Gasteiger charge is -2.35. The molecule has 6 nitrogen and oxygen atoms in total. The highest BCUT2D eigenvalue weighted by atomic mass is 16.5. The highest BCUT2D eigenvalue weighted by molar-refractivity contribution is 5.92. The summed E-state index contributed by atoms with van der Waals surface area (Å²) in [5.41, 5.74) is 0. The Hall–Kier alpha value is -1.85. The average molecular weight is 280 g/mol. The van der Waals surface area contributed by atoms with Gasteiger partial charge in [0.15, 0.2) is 0 Å². The molecule has 0 unspecified atom stereocenters. The Balaban J connectivity index is 2.01. The van der Waals surface area contributed by atoms with Gasteiger partial charge < -0.3 is 15.0 Å². The van der Waals surface area contributed by atoms with E-state index >= 15 is 0 Å². The third kappa shape index (κ3) is 3.37. The number of rotatable bonds is 4. The highest BCUT2D eigenvalue weighted by Crippen LogP contribution is 2.22. The second kappa shape index (κ2) is 6.54. The fraction of sp³-hybridized carbons (Fsp3) is 0.643. The molecule has 2 rings (SSSR count). The first-order valence-electron chi connectivity index (χ1n) is 6.92. The van der Waals surface area contributed by atoms with Crippen LogP contribution in [0.5, 0.6) is 0 Å². The zero-order chi connectivity index (χ0) is 14.5. The number of hydrogen-bond acceptors (Lipinski definition) is 4. The minimum Gasteiger partial charge on any atom is -0.469 e. The Morgan fingerprint density at radius 3 is 2.90 bits per heavy atom. The van der Waals surface area contributed by atoms with E-state index in [2.05, 4.69) is 22.2 Å². The van der Waals surface area contributed by atoms with Crippen LogP contribution in [0.2, 0.25) is 0 Å². The number of nitrogens with one attached hydrogen (secondary N) is 1. The van der Waals surface area contributed by atoms with Crippen molar-refractivity contribution in [2.45, 2.75) is 31.7 Å². The Labute approximate surface area is 118 Å². The first-order valence-corrected chi connectivity index (χ1v) is 6.92. The molecule has 2 amide bonds. The Morgan fingerprint density at radius 2 is 2.25 bits per heavy atom. The van der Waals surface area contributed by atoms with Gasteiger partial charge in [0.25, 0.3) is 0 Å². The van der Waals surface area contributed by atoms with E-state index in [4.69, 9.17) is 0 Å². The summed E-state index contributed by atoms with van der Waals surface area (Å²) in [6.07, 6.45) is 6.43. The van der Waals surface area contributed by atoms with E-state index in [0.717, 1.165) is 12.8 Å². The monoisotopic (exact) mass is 280 g/mol. The highest BCUT2D eigenvalue weighted by Gasteiger charge is 2.35. The van der Waals surface area contributed by atoms with Crippen LogP contribution in [0, 0.1) is 5.92 Å². The average Bonchev–Trinajstić information content (AvgIpc) is 2.93. The molecule has 0 aromatic rings. The van der Waals surface area contributed by atoms with Crippen LogP contribution in [0.25, 0.3) is 0 Å². The molecule has 0 aromatic heterocycles. The van der Waals surface area contributed by atoms with Gasteiger partial charge in [0, 0.05) is 19.5 Å². The summed E-state index contributed by atoms with van der Waals surface area (Å²) in [6, 6.07) is -0.742. The lowest BCUT2D eigenvalue weighted by molar-refractivity contribution is -0.150. The number of carbonyl (C=O) groups excluding carboxylic acids is 3.